The number of allylic oxidation sites excluding steroid dienone is 2. The predicted molar refractivity (Wildman–Crippen MR) is 46.3 cm³/mol. The van der Waals surface area contributed by atoms with Gasteiger partial charge in [0, 0.05) is 8.72 Å². The van der Waals surface area contributed by atoms with Gasteiger partial charge in [0.05, 0.1) is 0 Å². The van der Waals surface area contributed by atoms with Crippen LogP contribution in [0.1, 0.15) is 6.42 Å². The van der Waals surface area contributed by atoms with Gasteiger partial charge in [0.2, 0.25) is 0 Å². The molecule has 0 atom stereocenters. The average Bonchev–Trinajstić information content (AvgIpc) is 1.77. The molecule has 0 spiro atoms. The minimum Gasteiger partial charge on any atom is -0.137 e. The molecular weight excluding hydrogens is 204 g/mol. The van der Waals surface area contributed by atoms with Crippen molar-refractivity contribution in [1.82, 2.24) is 0 Å². The Hall–Kier alpha value is 0.660. The van der Waals surface area contributed by atoms with Gasteiger partial charge in [0.1, 0.15) is 0 Å². The third-order valence-electron chi connectivity index (χ3n) is 0.779. The number of hydrogen-bond acceptors (Lipinski definition) is 2. The summed E-state index contributed by atoms with van der Waals surface area (Å²) in [7, 11) is 0. The molecule has 0 N–H and O–H groups in total. The van der Waals surface area contributed by atoms with Gasteiger partial charge in [-0.15, -0.1) is 12.6 Å². The van der Waals surface area contributed by atoms with Crippen molar-refractivity contribution in [3.8, 4) is 0 Å². The number of thioether (sulfide) groups is 1. The third-order valence-corrected chi connectivity index (χ3v) is 2.94. The largest absolute Gasteiger partial charge is 0.137 e. The van der Waals surface area contributed by atoms with Gasteiger partial charge in [-0.05, 0) is 11.8 Å². The van der Waals surface area contributed by atoms with Gasteiger partial charge in [0.25, 0.3) is 0 Å². The van der Waals surface area contributed by atoms with Crippen LogP contribution in [-0.2, 0) is 0 Å². The van der Waals surface area contributed by atoms with Crippen LogP contribution in [0.5, 0.6) is 0 Å². The molecule has 0 aromatic heterocycles. The Labute approximate surface area is 67.0 Å². The summed E-state index contributed by atoms with van der Waals surface area (Å²) in [4.78, 5) is 0. The fourth-order valence-corrected chi connectivity index (χ4v) is 1.62. The number of halogens is 1. The van der Waals surface area contributed by atoms with Gasteiger partial charge in [0.15, 0.2) is 0 Å². The molecule has 0 nitrogen and oxygen atoms in total. The summed E-state index contributed by atoms with van der Waals surface area (Å²) in [5.74, 6) is 0. The first-order chi connectivity index (χ1) is 3.79. The minimum absolute atomic E-state index is 0.992. The second-order valence-corrected chi connectivity index (χ2v) is 4.14. The normalized spacial score (nSPS) is 19.8. The zero-order chi connectivity index (χ0) is 5.98. The molecule has 0 aliphatic carbocycles. The molecular formula is C5H5BrS2. The topological polar surface area (TPSA) is 0 Å². The smallest absolute Gasteiger partial charge is 0.0377 e. The maximum Gasteiger partial charge on any atom is 0.0377 e. The molecule has 0 saturated heterocycles. The van der Waals surface area contributed by atoms with E-state index in [1.54, 1.807) is 11.8 Å². The Kier molecular flexibility index (Phi) is 2.53. The molecule has 0 bridgehead atoms. The van der Waals surface area contributed by atoms with Gasteiger partial charge in [-0.1, -0.05) is 33.8 Å². The second-order valence-electron chi connectivity index (χ2n) is 1.43. The highest BCUT2D eigenvalue weighted by molar-refractivity contribution is 9.11. The van der Waals surface area contributed by atoms with Crippen LogP contribution in [0.4, 0.5) is 0 Å². The molecule has 0 aromatic rings. The van der Waals surface area contributed by atoms with E-state index >= 15 is 0 Å². The lowest BCUT2D eigenvalue weighted by Gasteiger charge is -2.01. The summed E-state index contributed by atoms with van der Waals surface area (Å²) >= 11 is 9.18. The number of rotatable bonds is 0. The van der Waals surface area contributed by atoms with E-state index in [0.29, 0.717) is 0 Å². The Morgan fingerprint density at radius 1 is 1.75 bits per heavy atom. The fourth-order valence-electron chi connectivity index (χ4n) is 0.405. The molecule has 0 amide bonds. The third kappa shape index (κ3) is 1.88. The summed E-state index contributed by atoms with van der Waals surface area (Å²) in [6.45, 7) is 0. The van der Waals surface area contributed by atoms with E-state index in [1.807, 2.05) is 0 Å². The lowest BCUT2D eigenvalue weighted by Crippen LogP contribution is -1.73. The molecule has 0 fully saturated rings. The van der Waals surface area contributed by atoms with Gasteiger partial charge >= 0.3 is 0 Å². The van der Waals surface area contributed by atoms with Crippen LogP contribution in [0, 0.1) is 0 Å². The maximum absolute atomic E-state index is 4.16. The molecule has 3 heteroatoms. The van der Waals surface area contributed by atoms with Crippen molar-refractivity contribution in [3.63, 3.8) is 0 Å². The van der Waals surface area contributed by atoms with E-state index in [1.165, 1.54) is 4.48 Å². The summed E-state index contributed by atoms with van der Waals surface area (Å²) in [6.07, 6.45) is 3.07. The van der Waals surface area contributed by atoms with Crippen molar-refractivity contribution in [1.29, 1.82) is 0 Å². The zero-order valence-corrected chi connectivity index (χ0v) is 7.39. The first-order valence-electron chi connectivity index (χ1n) is 2.19. The van der Waals surface area contributed by atoms with Crippen LogP contribution in [0.3, 0.4) is 0 Å². The molecule has 1 aliphatic heterocycles. The average molecular weight is 209 g/mol. The highest BCUT2D eigenvalue weighted by atomic mass is 79.9. The van der Waals surface area contributed by atoms with Crippen molar-refractivity contribution >= 4 is 40.3 Å². The fraction of sp³-hybridized carbons (Fsp3) is 0.200. The van der Waals surface area contributed by atoms with Gasteiger partial charge in [-0.25, -0.2) is 0 Å². The SMILES string of the molecule is SC1=CCC(Br)=CS1. The first kappa shape index (κ1) is 6.78. The lowest BCUT2D eigenvalue weighted by molar-refractivity contribution is 1.38. The van der Waals surface area contributed by atoms with Crippen LogP contribution in [0.2, 0.25) is 0 Å². The van der Waals surface area contributed by atoms with E-state index in [2.05, 4.69) is 40.0 Å². The van der Waals surface area contributed by atoms with Gasteiger partial charge in [-0.2, -0.15) is 0 Å². The Morgan fingerprint density at radius 3 is 2.88 bits per heavy atom. The first-order valence-corrected chi connectivity index (χ1v) is 4.31. The highest BCUT2D eigenvalue weighted by Gasteiger charge is 1.97. The summed E-state index contributed by atoms with van der Waals surface area (Å²) < 4.78 is 2.33. The summed E-state index contributed by atoms with van der Waals surface area (Å²) in [5.41, 5.74) is 0. The molecule has 0 saturated carbocycles. The van der Waals surface area contributed by atoms with E-state index in [-0.39, 0.29) is 0 Å². The van der Waals surface area contributed by atoms with Crippen molar-refractivity contribution < 1.29 is 0 Å². The number of hydrogen-bond donors (Lipinski definition) is 1. The summed E-state index contributed by atoms with van der Waals surface area (Å²) in [6, 6.07) is 0. The van der Waals surface area contributed by atoms with Crippen LogP contribution in [0.15, 0.2) is 20.2 Å². The van der Waals surface area contributed by atoms with E-state index in [4.69, 9.17) is 0 Å². The monoisotopic (exact) mass is 208 g/mol. The van der Waals surface area contributed by atoms with Crippen molar-refractivity contribution in [2.75, 3.05) is 0 Å². The molecule has 1 heterocycles. The van der Waals surface area contributed by atoms with Crippen molar-refractivity contribution in [2.24, 2.45) is 0 Å². The Morgan fingerprint density at radius 2 is 2.50 bits per heavy atom. The quantitative estimate of drug-likeness (QED) is 0.598. The molecule has 44 valence electrons. The predicted octanol–water partition coefficient (Wildman–Crippen LogP) is 3.13. The zero-order valence-electron chi connectivity index (χ0n) is 4.10. The maximum atomic E-state index is 4.16. The molecule has 0 aromatic carbocycles. The summed E-state index contributed by atoms with van der Waals surface area (Å²) in [5, 5.41) is 2.06. The van der Waals surface area contributed by atoms with Crippen LogP contribution < -0.4 is 0 Å². The highest BCUT2D eigenvalue weighted by Crippen LogP contribution is 2.31. The number of thiol groups is 1. The van der Waals surface area contributed by atoms with Gasteiger partial charge < -0.3 is 0 Å². The molecule has 0 radical (unpaired) electrons. The van der Waals surface area contributed by atoms with E-state index < -0.39 is 0 Å². The molecule has 8 heavy (non-hydrogen) atoms. The molecule has 0 unspecified atom stereocenters. The molecule has 1 rings (SSSR count). The molecule has 1 aliphatic rings. The minimum atomic E-state index is 0.992. The van der Waals surface area contributed by atoms with Crippen LogP contribution in [0.25, 0.3) is 0 Å². The Balaban J connectivity index is 2.54. The van der Waals surface area contributed by atoms with Gasteiger partial charge in [-0.3, -0.25) is 0 Å². The van der Waals surface area contributed by atoms with E-state index in [9.17, 15) is 0 Å². The Bertz CT molecular complexity index is 131. The van der Waals surface area contributed by atoms with Crippen molar-refractivity contribution in [3.05, 3.63) is 20.2 Å². The van der Waals surface area contributed by atoms with E-state index in [0.717, 1.165) is 10.7 Å². The van der Waals surface area contributed by atoms with Crippen LogP contribution >= 0.6 is 40.3 Å². The van der Waals surface area contributed by atoms with Crippen molar-refractivity contribution in [2.45, 2.75) is 6.42 Å². The second kappa shape index (κ2) is 2.99. The lowest BCUT2D eigenvalue weighted by atomic mass is 10.4. The van der Waals surface area contributed by atoms with Crippen LogP contribution in [-0.4, -0.2) is 0 Å². The standard InChI is InChI=1S/C5H5BrS2/c6-4-1-2-5(7)8-3-4/h2-3,7H,1H2.